The molecule has 3 rings (SSSR count). The van der Waals surface area contributed by atoms with Gasteiger partial charge >= 0.3 is 0 Å². The normalized spacial score (nSPS) is 10.8. The van der Waals surface area contributed by atoms with Crippen LogP contribution in [0.2, 0.25) is 5.02 Å². The minimum Gasteiger partial charge on any atom is -0.507 e. The molecular formula is C15H9ClFNO. The van der Waals surface area contributed by atoms with Gasteiger partial charge in [0.25, 0.3) is 0 Å². The van der Waals surface area contributed by atoms with Crippen LogP contribution >= 0.6 is 11.6 Å². The molecule has 4 heteroatoms. The lowest BCUT2D eigenvalue weighted by molar-refractivity contribution is 0.477. The number of hydrogen-bond acceptors (Lipinski definition) is 2. The van der Waals surface area contributed by atoms with Crippen molar-refractivity contribution < 1.29 is 9.50 Å². The topological polar surface area (TPSA) is 33.1 Å². The maximum Gasteiger partial charge on any atom is 0.124 e. The van der Waals surface area contributed by atoms with Crippen LogP contribution in [0.15, 0.2) is 48.5 Å². The fourth-order valence-corrected chi connectivity index (χ4v) is 2.24. The van der Waals surface area contributed by atoms with Gasteiger partial charge in [0.05, 0.1) is 16.2 Å². The summed E-state index contributed by atoms with van der Waals surface area (Å²) in [6, 6.07) is 12.7. The third-order valence-corrected chi connectivity index (χ3v) is 3.21. The summed E-state index contributed by atoms with van der Waals surface area (Å²) in [5.41, 5.74) is 1.74. The monoisotopic (exact) mass is 273 g/mol. The molecule has 0 fully saturated rings. The maximum atomic E-state index is 13.2. The van der Waals surface area contributed by atoms with E-state index in [0.29, 0.717) is 27.2 Å². The number of rotatable bonds is 1. The van der Waals surface area contributed by atoms with E-state index in [2.05, 4.69) is 4.98 Å². The lowest BCUT2D eigenvalue weighted by Gasteiger charge is -2.07. The van der Waals surface area contributed by atoms with E-state index in [1.54, 1.807) is 36.4 Å². The van der Waals surface area contributed by atoms with Gasteiger partial charge in [-0.05, 0) is 36.4 Å². The molecule has 1 aromatic heterocycles. The summed E-state index contributed by atoms with van der Waals surface area (Å²) >= 11 is 6.15. The van der Waals surface area contributed by atoms with Gasteiger partial charge in [0.1, 0.15) is 11.6 Å². The van der Waals surface area contributed by atoms with Crippen LogP contribution < -0.4 is 0 Å². The molecule has 94 valence electrons. The van der Waals surface area contributed by atoms with Gasteiger partial charge in [-0.1, -0.05) is 23.7 Å². The van der Waals surface area contributed by atoms with Crippen molar-refractivity contribution in [1.29, 1.82) is 0 Å². The number of phenols is 1. The fraction of sp³-hybridized carbons (Fsp3) is 0. The van der Waals surface area contributed by atoms with Crippen LogP contribution in [0.4, 0.5) is 4.39 Å². The van der Waals surface area contributed by atoms with E-state index < -0.39 is 0 Å². The quantitative estimate of drug-likeness (QED) is 0.713. The van der Waals surface area contributed by atoms with Crippen LogP contribution in [0.5, 0.6) is 5.75 Å². The highest BCUT2D eigenvalue weighted by atomic mass is 35.5. The Morgan fingerprint density at radius 1 is 1.05 bits per heavy atom. The molecule has 0 atom stereocenters. The van der Waals surface area contributed by atoms with Gasteiger partial charge < -0.3 is 5.11 Å². The molecular weight excluding hydrogens is 265 g/mol. The minimum atomic E-state index is -0.355. The first kappa shape index (κ1) is 11.9. The molecule has 0 radical (unpaired) electrons. The number of para-hydroxylation sites is 1. The summed E-state index contributed by atoms with van der Waals surface area (Å²) in [7, 11) is 0. The summed E-state index contributed by atoms with van der Waals surface area (Å²) in [4.78, 5) is 4.40. The first-order valence-corrected chi connectivity index (χ1v) is 6.07. The molecule has 0 bridgehead atoms. The van der Waals surface area contributed by atoms with Crippen molar-refractivity contribution >= 4 is 22.5 Å². The SMILES string of the molecule is Oc1ccccc1-c1cc(Cl)c2cc(F)ccc2n1. The smallest absolute Gasteiger partial charge is 0.124 e. The van der Waals surface area contributed by atoms with Crippen LogP contribution in [-0.2, 0) is 0 Å². The molecule has 2 nitrogen and oxygen atoms in total. The standard InChI is InChI=1S/C15H9ClFNO/c16-12-8-14(10-3-1-2-4-15(10)19)18-13-6-5-9(17)7-11(12)13/h1-8,19H. The van der Waals surface area contributed by atoms with Crippen molar-refractivity contribution in [2.45, 2.75) is 0 Å². The van der Waals surface area contributed by atoms with Crippen molar-refractivity contribution in [3.05, 3.63) is 59.4 Å². The Morgan fingerprint density at radius 3 is 2.63 bits per heavy atom. The van der Waals surface area contributed by atoms with Crippen LogP contribution in [0.25, 0.3) is 22.2 Å². The summed E-state index contributed by atoms with van der Waals surface area (Å²) < 4.78 is 13.2. The average Bonchev–Trinajstić information content (AvgIpc) is 2.40. The molecule has 0 unspecified atom stereocenters. The molecule has 19 heavy (non-hydrogen) atoms. The van der Waals surface area contributed by atoms with Gasteiger partial charge in [0.15, 0.2) is 0 Å². The van der Waals surface area contributed by atoms with Crippen molar-refractivity contribution in [2.75, 3.05) is 0 Å². The number of aromatic nitrogens is 1. The minimum absolute atomic E-state index is 0.132. The Balaban J connectivity index is 2.27. The van der Waals surface area contributed by atoms with Crippen LogP contribution in [0, 0.1) is 5.82 Å². The number of nitrogens with zero attached hydrogens (tertiary/aromatic N) is 1. The number of aromatic hydroxyl groups is 1. The van der Waals surface area contributed by atoms with Gasteiger partial charge in [-0.15, -0.1) is 0 Å². The molecule has 0 spiro atoms. The molecule has 1 N–H and O–H groups in total. The van der Waals surface area contributed by atoms with Gasteiger partial charge in [-0.2, -0.15) is 0 Å². The Bertz CT molecular complexity index is 773. The molecule has 1 heterocycles. The Morgan fingerprint density at radius 2 is 1.84 bits per heavy atom. The van der Waals surface area contributed by atoms with E-state index in [4.69, 9.17) is 11.6 Å². The van der Waals surface area contributed by atoms with Gasteiger partial charge in [0, 0.05) is 10.9 Å². The van der Waals surface area contributed by atoms with Crippen molar-refractivity contribution in [3.63, 3.8) is 0 Å². The molecule has 0 saturated carbocycles. The number of benzene rings is 2. The van der Waals surface area contributed by atoms with Gasteiger partial charge in [-0.25, -0.2) is 9.37 Å². The number of fused-ring (bicyclic) bond motifs is 1. The van der Waals surface area contributed by atoms with Crippen molar-refractivity contribution in [3.8, 4) is 17.0 Å². The zero-order valence-electron chi connectivity index (χ0n) is 9.77. The highest BCUT2D eigenvalue weighted by Gasteiger charge is 2.09. The van der Waals surface area contributed by atoms with Crippen molar-refractivity contribution in [1.82, 2.24) is 4.98 Å². The second kappa shape index (κ2) is 4.52. The third-order valence-electron chi connectivity index (χ3n) is 2.90. The van der Waals surface area contributed by atoms with E-state index in [1.807, 2.05) is 0 Å². The Hall–Kier alpha value is -2.13. The van der Waals surface area contributed by atoms with Crippen molar-refractivity contribution in [2.24, 2.45) is 0 Å². The van der Waals surface area contributed by atoms with Gasteiger partial charge in [-0.3, -0.25) is 0 Å². The Labute approximate surface area is 114 Å². The lowest BCUT2D eigenvalue weighted by Crippen LogP contribution is -1.88. The predicted octanol–water partition coefficient (Wildman–Crippen LogP) is 4.40. The molecule has 0 aliphatic carbocycles. The highest BCUT2D eigenvalue weighted by molar-refractivity contribution is 6.35. The first-order chi connectivity index (χ1) is 9.15. The molecule has 0 aliphatic heterocycles. The molecule has 0 amide bonds. The number of hydrogen-bond donors (Lipinski definition) is 1. The van der Waals surface area contributed by atoms with Crippen LogP contribution in [0.1, 0.15) is 0 Å². The highest BCUT2D eigenvalue weighted by Crippen LogP contribution is 2.32. The van der Waals surface area contributed by atoms with E-state index in [-0.39, 0.29) is 11.6 Å². The van der Waals surface area contributed by atoms with Crippen LogP contribution in [0.3, 0.4) is 0 Å². The van der Waals surface area contributed by atoms with Crippen LogP contribution in [-0.4, -0.2) is 10.1 Å². The predicted molar refractivity (Wildman–Crippen MR) is 73.8 cm³/mol. The summed E-state index contributed by atoms with van der Waals surface area (Å²) in [6.45, 7) is 0. The second-order valence-corrected chi connectivity index (χ2v) is 4.58. The van der Waals surface area contributed by atoms with Gasteiger partial charge in [0.2, 0.25) is 0 Å². The zero-order valence-corrected chi connectivity index (χ0v) is 10.5. The summed E-state index contributed by atoms with van der Waals surface area (Å²) in [6.07, 6.45) is 0. The largest absolute Gasteiger partial charge is 0.507 e. The molecule has 0 aliphatic rings. The van der Waals surface area contributed by atoms with E-state index in [0.717, 1.165) is 0 Å². The molecule has 3 aromatic rings. The molecule has 2 aromatic carbocycles. The number of phenolic OH excluding ortho intramolecular Hbond substituents is 1. The van der Waals surface area contributed by atoms with E-state index in [1.165, 1.54) is 12.1 Å². The second-order valence-electron chi connectivity index (χ2n) is 4.17. The zero-order chi connectivity index (χ0) is 13.4. The summed E-state index contributed by atoms with van der Waals surface area (Å²) in [5, 5.41) is 10.8. The Kier molecular flexibility index (Phi) is 2.84. The number of pyridine rings is 1. The average molecular weight is 274 g/mol. The fourth-order valence-electron chi connectivity index (χ4n) is 1.99. The number of halogens is 2. The van der Waals surface area contributed by atoms with E-state index in [9.17, 15) is 9.50 Å². The maximum absolute atomic E-state index is 13.2. The van der Waals surface area contributed by atoms with E-state index >= 15 is 0 Å². The molecule has 0 saturated heterocycles. The third kappa shape index (κ3) is 2.13. The first-order valence-electron chi connectivity index (χ1n) is 5.69. The lowest BCUT2D eigenvalue weighted by atomic mass is 10.1. The summed E-state index contributed by atoms with van der Waals surface area (Å²) in [5.74, 6) is -0.223.